The summed E-state index contributed by atoms with van der Waals surface area (Å²) in [6.07, 6.45) is 2.60. The van der Waals surface area contributed by atoms with E-state index < -0.39 is 5.97 Å². The Bertz CT molecular complexity index is 942. The molecule has 0 radical (unpaired) electrons. The van der Waals surface area contributed by atoms with Crippen molar-refractivity contribution in [2.75, 3.05) is 5.32 Å². The average Bonchev–Trinajstić information content (AvgIpc) is 2.92. The van der Waals surface area contributed by atoms with Gasteiger partial charge in [0.25, 0.3) is 5.56 Å². The minimum atomic E-state index is -1.04. The topological polar surface area (TPSA) is 130 Å². The molecule has 3 N–H and O–H groups in total. The number of aromatic amines is 1. The van der Waals surface area contributed by atoms with Crippen LogP contribution in [0.3, 0.4) is 0 Å². The van der Waals surface area contributed by atoms with Crippen molar-refractivity contribution < 1.29 is 14.7 Å². The van der Waals surface area contributed by atoms with Gasteiger partial charge in [-0.1, -0.05) is 0 Å². The van der Waals surface area contributed by atoms with Crippen molar-refractivity contribution in [1.29, 1.82) is 0 Å². The smallest absolute Gasteiger partial charge is 0.335 e. The van der Waals surface area contributed by atoms with Crippen LogP contribution in [0.4, 0.5) is 5.69 Å². The lowest BCUT2D eigenvalue weighted by atomic mass is 10.2. The first-order valence-corrected chi connectivity index (χ1v) is 6.56. The number of aromatic carboxylic acids is 1. The summed E-state index contributed by atoms with van der Waals surface area (Å²) < 4.78 is 1.45. The second-order valence-electron chi connectivity index (χ2n) is 4.71. The van der Waals surface area contributed by atoms with Crippen LogP contribution in [-0.2, 0) is 11.3 Å². The Kier molecular flexibility index (Phi) is 3.59. The number of imidazole rings is 1. The molecule has 3 rings (SSSR count). The predicted octanol–water partition coefficient (Wildman–Crippen LogP) is 0.456. The average molecular weight is 313 g/mol. The third kappa shape index (κ3) is 2.93. The van der Waals surface area contributed by atoms with E-state index in [4.69, 9.17) is 5.11 Å². The van der Waals surface area contributed by atoms with E-state index in [0.717, 1.165) is 0 Å². The Morgan fingerprint density at radius 3 is 2.65 bits per heavy atom. The van der Waals surface area contributed by atoms with Gasteiger partial charge in [-0.15, -0.1) is 0 Å². The summed E-state index contributed by atoms with van der Waals surface area (Å²) in [7, 11) is 0. The molecule has 1 amide bonds. The van der Waals surface area contributed by atoms with Gasteiger partial charge in [-0.25, -0.2) is 14.8 Å². The SMILES string of the molecule is O=C(Cn1cnc2c(=O)[nH]cnc21)Nc1ccc(C(=O)O)cc1. The Hall–Kier alpha value is -3.49. The van der Waals surface area contributed by atoms with Crippen LogP contribution < -0.4 is 10.9 Å². The highest BCUT2D eigenvalue weighted by Crippen LogP contribution is 2.10. The van der Waals surface area contributed by atoms with E-state index in [2.05, 4.69) is 20.3 Å². The lowest BCUT2D eigenvalue weighted by molar-refractivity contribution is -0.116. The number of nitrogens with one attached hydrogen (secondary N) is 2. The van der Waals surface area contributed by atoms with Crippen LogP contribution >= 0.6 is 0 Å². The fourth-order valence-electron chi connectivity index (χ4n) is 2.06. The maximum atomic E-state index is 12.0. The van der Waals surface area contributed by atoms with Crippen LogP contribution in [0.15, 0.2) is 41.7 Å². The fraction of sp³-hybridized carbons (Fsp3) is 0.0714. The zero-order valence-electron chi connectivity index (χ0n) is 11.7. The van der Waals surface area contributed by atoms with Crippen molar-refractivity contribution in [1.82, 2.24) is 19.5 Å². The van der Waals surface area contributed by atoms with Gasteiger partial charge in [0.1, 0.15) is 6.54 Å². The summed E-state index contributed by atoms with van der Waals surface area (Å²) in [5.41, 5.74) is 0.692. The largest absolute Gasteiger partial charge is 0.478 e. The molecule has 0 unspecified atom stereocenters. The summed E-state index contributed by atoms with van der Waals surface area (Å²) in [5, 5.41) is 11.5. The van der Waals surface area contributed by atoms with Crippen LogP contribution in [0.2, 0.25) is 0 Å². The molecule has 0 aliphatic carbocycles. The zero-order valence-corrected chi connectivity index (χ0v) is 11.7. The molecule has 0 saturated heterocycles. The lowest BCUT2D eigenvalue weighted by Crippen LogP contribution is -2.19. The van der Waals surface area contributed by atoms with Gasteiger partial charge in [0.05, 0.1) is 18.2 Å². The number of nitrogens with zero attached hydrogens (tertiary/aromatic N) is 3. The third-order valence-corrected chi connectivity index (χ3v) is 3.14. The summed E-state index contributed by atoms with van der Waals surface area (Å²) in [5.74, 6) is -1.39. The number of hydrogen-bond donors (Lipinski definition) is 3. The first kappa shape index (κ1) is 14.4. The molecule has 9 heteroatoms. The van der Waals surface area contributed by atoms with E-state index in [0.29, 0.717) is 11.3 Å². The number of amides is 1. The number of anilines is 1. The van der Waals surface area contributed by atoms with E-state index in [1.54, 1.807) is 0 Å². The van der Waals surface area contributed by atoms with Crippen molar-refractivity contribution in [2.45, 2.75) is 6.54 Å². The first-order valence-electron chi connectivity index (χ1n) is 6.56. The van der Waals surface area contributed by atoms with Gasteiger partial charge in [0.2, 0.25) is 5.91 Å². The molecule has 0 aliphatic heterocycles. The number of rotatable bonds is 4. The second-order valence-corrected chi connectivity index (χ2v) is 4.71. The molecule has 0 aliphatic rings. The molecule has 0 fully saturated rings. The standard InChI is InChI=1S/C14H11N5O4/c20-10(18-9-3-1-8(2-4-9)14(22)23)5-19-7-17-11-12(19)15-6-16-13(11)21/h1-4,6-7H,5H2,(H,18,20)(H,22,23)(H,15,16,21). The van der Waals surface area contributed by atoms with E-state index >= 15 is 0 Å². The fourth-order valence-corrected chi connectivity index (χ4v) is 2.06. The lowest BCUT2D eigenvalue weighted by Gasteiger charge is -2.06. The normalized spacial score (nSPS) is 10.6. The van der Waals surface area contributed by atoms with Crippen molar-refractivity contribution in [3.63, 3.8) is 0 Å². The molecule has 2 heterocycles. The number of hydrogen-bond acceptors (Lipinski definition) is 5. The van der Waals surface area contributed by atoms with Crippen molar-refractivity contribution in [2.24, 2.45) is 0 Å². The van der Waals surface area contributed by atoms with Crippen LogP contribution in [0, 0.1) is 0 Å². The van der Waals surface area contributed by atoms with Gasteiger partial charge in [-0.3, -0.25) is 9.59 Å². The Morgan fingerprint density at radius 1 is 1.22 bits per heavy atom. The highest BCUT2D eigenvalue weighted by Gasteiger charge is 2.11. The first-order chi connectivity index (χ1) is 11.0. The van der Waals surface area contributed by atoms with Gasteiger partial charge >= 0.3 is 5.97 Å². The van der Waals surface area contributed by atoms with E-state index in [1.165, 1.54) is 41.5 Å². The molecule has 9 nitrogen and oxygen atoms in total. The molecule has 0 saturated carbocycles. The minimum absolute atomic E-state index is 0.0758. The molecule has 1 aromatic carbocycles. The number of carbonyl (C=O) groups is 2. The van der Waals surface area contributed by atoms with Gasteiger partial charge < -0.3 is 20.0 Å². The maximum absolute atomic E-state index is 12.0. The zero-order chi connectivity index (χ0) is 16.4. The summed E-state index contributed by atoms with van der Waals surface area (Å²) in [6, 6.07) is 5.78. The number of carboxylic acids is 1. The number of H-pyrrole nitrogens is 1. The quantitative estimate of drug-likeness (QED) is 0.641. The van der Waals surface area contributed by atoms with Crippen LogP contribution in [0.25, 0.3) is 11.2 Å². The highest BCUT2D eigenvalue weighted by molar-refractivity contribution is 5.92. The van der Waals surface area contributed by atoms with Crippen molar-refractivity contribution in [3.05, 3.63) is 52.8 Å². The number of carbonyl (C=O) groups excluding carboxylic acids is 1. The maximum Gasteiger partial charge on any atom is 0.335 e. The Labute approximate surface area is 128 Å². The highest BCUT2D eigenvalue weighted by atomic mass is 16.4. The summed E-state index contributed by atoms with van der Waals surface area (Å²) >= 11 is 0. The molecule has 0 atom stereocenters. The molecule has 116 valence electrons. The van der Waals surface area contributed by atoms with Crippen LogP contribution in [-0.4, -0.2) is 36.5 Å². The number of aromatic nitrogens is 4. The van der Waals surface area contributed by atoms with Gasteiger partial charge in [0, 0.05) is 5.69 Å². The molecular weight excluding hydrogens is 302 g/mol. The Balaban J connectivity index is 1.75. The number of carboxylic acid groups (broad SMARTS) is 1. The molecule has 0 bridgehead atoms. The summed E-state index contributed by atoms with van der Waals surface area (Å²) in [6.45, 7) is -0.0758. The monoisotopic (exact) mass is 313 g/mol. The van der Waals surface area contributed by atoms with Gasteiger partial charge in [-0.2, -0.15) is 0 Å². The van der Waals surface area contributed by atoms with E-state index in [9.17, 15) is 14.4 Å². The second kappa shape index (κ2) is 5.72. The molecule has 0 spiro atoms. The predicted molar refractivity (Wildman–Crippen MR) is 80.2 cm³/mol. The summed E-state index contributed by atoms with van der Waals surface area (Å²) in [4.78, 5) is 44.7. The van der Waals surface area contributed by atoms with Crippen molar-refractivity contribution in [3.8, 4) is 0 Å². The van der Waals surface area contributed by atoms with E-state index in [-0.39, 0.29) is 29.1 Å². The molecule has 3 aromatic rings. The number of benzene rings is 1. The molecular formula is C14H11N5O4. The van der Waals surface area contributed by atoms with Gasteiger partial charge in [-0.05, 0) is 24.3 Å². The van der Waals surface area contributed by atoms with Gasteiger partial charge in [0.15, 0.2) is 11.2 Å². The third-order valence-electron chi connectivity index (χ3n) is 3.14. The number of fused-ring (bicyclic) bond motifs is 1. The van der Waals surface area contributed by atoms with Crippen molar-refractivity contribution >= 4 is 28.7 Å². The van der Waals surface area contributed by atoms with E-state index in [1.807, 2.05) is 0 Å². The van der Waals surface area contributed by atoms with Crippen LogP contribution in [0.1, 0.15) is 10.4 Å². The Morgan fingerprint density at radius 2 is 1.96 bits per heavy atom. The molecule has 2 aromatic heterocycles. The van der Waals surface area contributed by atoms with Crippen LogP contribution in [0.5, 0.6) is 0 Å². The molecule has 23 heavy (non-hydrogen) atoms. The minimum Gasteiger partial charge on any atom is -0.478 e.